The van der Waals surface area contributed by atoms with E-state index in [1.165, 1.54) is 12.1 Å². The van der Waals surface area contributed by atoms with E-state index >= 15 is 0 Å². The molecule has 0 radical (unpaired) electrons. The van der Waals surface area contributed by atoms with Gasteiger partial charge in [0.25, 0.3) is 0 Å². The molecule has 2 aliphatic rings. The van der Waals surface area contributed by atoms with Crippen molar-refractivity contribution in [3.05, 3.63) is 65.2 Å². The Balaban J connectivity index is 1.26. The van der Waals surface area contributed by atoms with Gasteiger partial charge >= 0.3 is 0 Å². The number of aliphatic imine (C=N–C) groups is 1. The lowest BCUT2D eigenvalue weighted by Gasteiger charge is -2.21. The lowest BCUT2D eigenvalue weighted by atomic mass is 10.1. The van der Waals surface area contributed by atoms with Crippen LogP contribution in [0.5, 0.6) is 0 Å². The zero-order chi connectivity index (χ0) is 22.5. The largest absolute Gasteiger partial charge is 0.367 e. The Morgan fingerprint density at radius 2 is 1.91 bits per heavy atom. The number of rotatable bonds is 6. The Hall–Kier alpha value is -3.16. The number of nitrogens with one attached hydrogen (secondary N) is 2. The van der Waals surface area contributed by atoms with Gasteiger partial charge in [0.15, 0.2) is 5.96 Å². The summed E-state index contributed by atoms with van der Waals surface area (Å²) in [6, 6.07) is 12.1. The van der Waals surface area contributed by atoms with Crippen LogP contribution in [-0.4, -0.2) is 49.5 Å². The van der Waals surface area contributed by atoms with E-state index in [0.717, 1.165) is 36.6 Å². The molecule has 1 amide bonds. The summed E-state index contributed by atoms with van der Waals surface area (Å²) in [5, 5.41) is 6.71. The summed E-state index contributed by atoms with van der Waals surface area (Å²) in [5.41, 5.74) is 2.67. The predicted molar refractivity (Wildman–Crippen MR) is 121 cm³/mol. The lowest BCUT2D eigenvalue weighted by Crippen LogP contribution is -2.44. The highest BCUT2D eigenvalue weighted by atomic mass is 19.1. The molecule has 2 heterocycles. The lowest BCUT2D eigenvalue weighted by molar-refractivity contribution is -0.128. The van der Waals surface area contributed by atoms with Gasteiger partial charge in [-0.2, -0.15) is 0 Å². The van der Waals surface area contributed by atoms with Crippen LogP contribution >= 0.6 is 0 Å². The van der Waals surface area contributed by atoms with Gasteiger partial charge in [0.05, 0.1) is 5.69 Å². The van der Waals surface area contributed by atoms with Gasteiger partial charge in [-0.05, 0) is 36.1 Å². The minimum atomic E-state index is -0.567. The van der Waals surface area contributed by atoms with Crippen molar-refractivity contribution in [2.75, 3.05) is 31.6 Å². The van der Waals surface area contributed by atoms with Crippen LogP contribution in [0.1, 0.15) is 30.4 Å². The van der Waals surface area contributed by atoms with Crippen LogP contribution in [0.3, 0.4) is 0 Å². The van der Waals surface area contributed by atoms with Crippen molar-refractivity contribution in [2.24, 2.45) is 4.99 Å². The Kier molecular flexibility index (Phi) is 6.87. The monoisotopic (exact) mass is 441 g/mol. The van der Waals surface area contributed by atoms with Crippen molar-refractivity contribution in [1.82, 2.24) is 15.5 Å². The number of carbonyl (C=O) groups is 1. The predicted octanol–water partition coefficient (Wildman–Crippen LogP) is 3.03. The second-order valence-corrected chi connectivity index (χ2v) is 8.33. The molecule has 1 atom stereocenters. The van der Waals surface area contributed by atoms with Crippen LogP contribution in [0, 0.1) is 11.6 Å². The third-order valence-electron chi connectivity index (χ3n) is 6.03. The van der Waals surface area contributed by atoms with Crippen LogP contribution in [-0.2, 0) is 17.9 Å². The van der Waals surface area contributed by atoms with Gasteiger partial charge in [-0.3, -0.25) is 9.79 Å². The molecule has 0 spiro atoms. The van der Waals surface area contributed by atoms with Gasteiger partial charge in [-0.25, -0.2) is 8.78 Å². The summed E-state index contributed by atoms with van der Waals surface area (Å²) >= 11 is 0. The zero-order valence-electron chi connectivity index (χ0n) is 18.3. The molecule has 2 aromatic carbocycles. The number of likely N-dealkylation sites (tertiary alicyclic amines) is 1. The van der Waals surface area contributed by atoms with Crippen molar-refractivity contribution in [3.63, 3.8) is 0 Å². The highest BCUT2D eigenvalue weighted by molar-refractivity contribution is 5.80. The number of halogens is 2. The summed E-state index contributed by atoms with van der Waals surface area (Å²) in [5.74, 6) is -0.186. The number of hydrogen-bond donors (Lipinski definition) is 2. The summed E-state index contributed by atoms with van der Waals surface area (Å²) in [6.07, 6.45) is 2.44. The number of hydrogen-bond acceptors (Lipinski definition) is 3. The number of guanidine groups is 1. The third-order valence-corrected chi connectivity index (χ3v) is 6.03. The summed E-state index contributed by atoms with van der Waals surface area (Å²) in [7, 11) is 1.72. The van der Waals surface area contributed by atoms with Crippen LogP contribution in [0.2, 0.25) is 0 Å². The minimum Gasteiger partial charge on any atom is -0.367 e. The fraction of sp³-hybridized carbons (Fsp3) is 0.417. The van der Waals surface area contributed by atoms with Crippen LogP contribution in [0.4, 0.5) is 14.5 Å². The van der Waals surface area contributed by atoms with Crippen LogP contribution < -0.4 is 15.5 Å². The highest BCUT2D eigenvalue weighted by Crippen LogP contribution is 2.24. The molecule has 2 fully saturated rings. The Morgan fingerprint density at radius 3 is 2.59 bits per heavy atom. The molecule has 170 valence electrons. The summed E-state index contributed by atoms with van der Waals surface area (Å²) in [6.45, 7) is 3.44. The highest BCUT2D eigenvalue weighted by Gasteiger charge is 2.25. The van der Waals surface area contributed by atoms with Crippen molar-refractivity contribution >= 4 is 17.6 Å². The Labute approximate surface area is 187 Å². The smallest absolute Gasteiger partial charge is 0.222 e. The normalized spacial score (nSPS) is 19.0. The first kappa shape index (κ1) is 22.0. The number of carbonyl (C=O) groups excluding carboxylic acids is 1. The van der Waals surface area contributed by atoms with E-state index in [1.54, 1.807) is 7.05 Å². The standard InChI is InChI=1S/C24H29F2N5O/c1-27-24(29-20-10-12-30(16-20)22-9-8-19(25)13-21(22)26)28-14-17-4-6-18(7-5-17)15-31-11-2-3-23(31)32/h4-9,13,20H,2-3,10-12,14-16H2,1H3,(H2,27,28,29). The quantitative estimate of drug-likeness (QED) is 0.535. The summed E-state index contributed by atoms with van der Waals surface area (Å²) < 4.78 is 27.2. The van der Waals surface area contributed by atoms with Gasteiger partial charge in [-0.1, -0.05) is 24.3 Å². The van der Waals surface area contributed by atoms with Crippen molar-refractivity contribution < 1.29 is 13.6 Å². The summed E-state index contributed by atoms with van der Waals surface area (Å²) in [4.78, 5) is 19.9. The molecule has 0 aromatic heterocycles. The van der Waals surface area contributed by atoms with Gasteiger partial charge in [0, 0.05) is 58.3 Å². The molecule has 4 rings (SSSR count). The molecule has 2 aromatic rings. The fourth-order valence-electron chi connectivity index (χ4n) is 4.26. The van der Waals surface area contributed by atoms with E-state index in [0.29, 0.717) is 44.2 Å². The van der Waals surface area contributed by atoms with E-state index in [2.05, 4.69) is 39.9 Å². The maximum atomic E-state index is 14.1. The second-order valence-electron chi connectivity index (χ2n) is 8.33. The van der Waals surface area contributed by atoms with Gasteiger partial charge in [0.2, 0.25) is 5.91 Å². The topological polar surface area (TPSA) is 60.0 Å². The average molecular weight is 442 g/mol. The zero-order valence-corrected chi connectivity index (χ0v) is 18.3. The molecule has 0 aliphatic carbocycles. The van der Waals surface area contributed by atoms with Crippen molar-refractivity contribution in [2.45, 2.75) is 38.4 Å². The molecular weight excluding hydrogens is 412 g/mol. The van der Waals surface area contributed by atoms with Gasteiger partial charge in [-0.15, -0.1) is 0 Å². The average Bonchev–Trinajstić information content (AvgIpc) is 3.41. The van der Waals surface area contributed by atoms with Crippen LogP contribution in [0.15, 0.2) is 47.5 Å². The molecule has 2 saturated heterocycles. The maximum Gasteiger partial charge on any atom is 0.222 e. The molecule has 1 unspecified atom stereocenters. The second kappa shape index (κ2) is 9.97. The van der Waals surface area contributed by atoms with Gasteiger partial charge in [0.1, 0.15) is 11.6 Å². The minimum absolute atomic E-state index is 0.117. The van der Waals surface area contributed by atoms with E-state index in [9.17, 15) is 13.6 Å². The van der Waals surface area contributed by atoms with E-state index in [1.807, 2.05) is 9.80 Å². The number of nitrogens with zero attached hydrogens (tertiary/aromatic N) is 3. The molecule has 0 bridgehead atoms. The van der Waals surface area contributed by atoms with Crippen molar-refractivity contribution in [1.29, 1.82) is 0 Å². The van der Waals surface area contributed by atoms with E-state index < -0.39 is 11.6 Å². The molecule has 0 saturated carbocycles. The molecule has 6 nitrogen and oxygen atoms in total. The molecule has 32 heavy (non-hydrogen) atoms. The Bertz CT molecular complexity index is 979. The maximum absolute atomic E-state index is 14.1. The molecule has 2 aliphatic heterocycles. The SMILES string of the molecule is CN=C(NCc1ccc(CN2CCCC2=O)cc1)NC1CCN(c2ccc(F)cc2F)C1. The van der Waals surface area contributed by atoms with E-state index in [4.69, 9.17) is 0 Å². The number of anilines is 1. The van der Waals surface area contributed by atoms with Crippen LogP contribution in [0.25, 0.3) is 0 Å². The molecular formula is C24H29F2N5O. The Morgan fingerprint density at radius 1 is 1.12 bits per heavy atom. The fourth-order valence-corrected chi connectivity index (χ4v) is 4.26. The third kappa shape index (κ3) is 5.36. The molecule has 8 heteroatoms. The first-order valence-electron chi connectivity index (χ1n) is 11.0. The number of amides is 1. The van der Waals surface area contributed by atoms with E-state index in [-0.39, 0.29) is 11.9 Å². The van der Waals surface area contributed by atoms with Gasteiger partial charge < -0.3 is 20.4 Å². The van der Waals surface area contributed by atoms with Crippen molar-refractivity contribution in [3.8, 4) is 0 Å². The first-order chi connectivity index (χ1) is 15.5. The number of benzene rings is 2. The molecule has 2 N–H and O–H groups in total. The first-order valence-corrected chi connectivity index (χ1v) is 11.0.